The molecular formula is C14H29N3O. The van der Waals surface area contributed by atoms with Crippen molar-refractivity contribution >= 4 is 5.91 Å². The maximum Gasteiger partial charge on any atom is 0.236 e. The number of amides is 1. The molecule has 0 bridgehead atoms. The number of likely N-dealkylation sites (tertiary alicyclic amines) is 1. The Kier molecular flexibility index (Phi) is 6.65. The molecule has 1 rings (SSSR count). The Labute approximate surface area is 112 Å². The number of carbonyl (C=O) groups is 1. The molecule has 1 saturated heterocycles. The zero-order valence-corrected chi connectivity index (χ0v) is 12.4. The monoisotopic (exact) mass is 255 g/mol. The highest BCUT2D eigenvalue weighted by atomic mass is 16.2. The van der Waals surface area contributed by atoms with Crippen LogP contribution in [0.4, 0.5) is 0 Å². The summed E-state index contributed by atoms with van der Waals surface area (Å²) in [5.74, 6) is 1.03. The lowest BCUT2D eigenvalue weighted by Gasteiger charge is -2.33. The van der Waals surface area contributed by atoms with E-state index in [1.54, 1.807) is 0 Å². The number of hydrogen-bond donors (Lipinski definition) is 1. The minimum absolute atomic E-state index is 0.285. The van der Waals surface area contributed by atoms with Crippen molar-refractivity contribution in [3.8, 4) is 0 Å². The van der Waals surface area contributed by atoms with Gasteiger partial charge in [-0.15, -0.1) is 0 Å². The largest absolute Gasteiger partial charge is 0.342 e. The molecule has 0 aromatic heterocycles. The summed E-state index contributed by atoms with van der Waals surface area (Å²) in [7, 11) is 2.01. The molecule has 0 aliphatic carbocycles. The summed E-state index contributed by atoms with van der Waals surface area (Å²) in [6.07, 6.45) is 2.29. The number of hydrogen-bond acceptors (Lipinski definition) is 3. The molecule has 1 N–H and O–H groups in total. The third kappa shape index (κ3) is 4.94. The quantitative estimate of drug-likeness (QED) is 0.774. The SMILES string of the molecule is CCNCC1CCN(C(=O)CN(C)C(C)C)CC1. The third-order valence-corrected chi connectivity index (χ3v) is 3.92. The Bertz CT molecular complexity index is 247. The maximum atomic E-state index is 12.1. The van der Waals surface area contributed by atoms with Gasteiger partial charge in [-0.1, -0.05) is 6.92 Å². The van der Waals surface area contributed by atoms with E-state index in [-0.39, 0.29) is 5.91 Å². The van der Waals surface area contributed by atoms with Crippen LogP contribution in [-0.2, 0) is 4.79 Å². The van der Waals surface area contributed by atoms with Gasteiger partial charge in [0.25, 0.3) is 0 Å². The van der Waals surface area contributed by atoms with Crippen molar-refractivity contribution < 1.29 is 4.79 Å². The van der Waals surface area contributed by atoms with E-state index in [9.17, 15) is 4.79 Å². The number of nitrogens with zero attached hydrogens (tertiary/aromatic N) is 2. The van der Waals surface area contributed by atoms with Crippen molar-refractivity contribution in [2.45, 2.75) is 39.7 Å². The molecule has 106 valence electrons. The number of likely N-dealkylation sites (N-methyl/N-ethyl adjacent to an activating group) is 1. The van der Waals surface area contributed by atoms with E-state index in [1.165, 1.54) is 0 Å². The number of rotatable bonds is 6. The Hall–Kier alpha value is -0.610. The molecule has 4 heteroatoms. The van der Waals surface area contributed by atoms with Gasteiger partial charge in [-0.2, -0.15) is 0 Å². The van der Waals surface area contributed by atoms with Gasteiger partial charge in [0.15, 0.2) is 0 Å². The Morgan fingerprint density at radius 1 is 1.39 bits per heavy atom. The minimum Gasteiger partial charge on any atom is -0.342 e. The molecular weight excluding hydrogens is 226 g/mol. The van der Waals surface area contributed by atoms with Gasteiger partial charge >= 0.3 is 0 Å². The second-order valence-corrected chi connectivity index (χ2v) is 5.64. The lowest BCUT2D eigenvalue weighted by molar-refractivity contribution is -0.133. The second-order valence-electron chi connectivity index (χ2n) is 5.64. The van der Waals surface area contributed by atoms with Crippen molar-refractivity contribution in [1.82, 2.24) is 15.1 Å². The van der Waals surface area contributed by atoms with Crippen molar-refractivity contribution in [3.63, 3.8) is 0 Å². The third-order valence-electron chi connectivity index (χ3n) is 3.92. The first kappa shape index (κ1) is 15.4. The lowest BCUT2D eigenvalue weighted by atomic mass is 9.96. The fourth-order valence-corrected chi connectivity index (χ4v) is 2.23. The summed E-state index contributed by atoms with van der Waals surface area (Å²) in [6, 6.07) is 0.431. The molecule has 1 aliphatic heterocycles. The molecule has 0 spiro atoms. The zero-order valence-electron chi connectivity index (χ0n) is 12.4. The molecule has 1 fully saturated rings. The molecule has 1 aliphatic rings. The predicted octanol–water partition coefficient (Wildman–Crippen LogP) is 1.17. The van der Waals surface area contributed by atoms with Crippen molar-refractivity contribution in [2.24, 2.45) is 5.92 Å². The molecule has 18 heavy (non-hydrogen) atoms. The van der Waals surface area contributed by atoms with Crippen LogP contribution in [0.5, 0.6) is 0 Å². The summed E-state index contributed by atoms with van der Waals surface area (Å²) in [4.78, 5) is 16.2. The fourth-order valence-electron chi connectivity index (χ4n) is 2.23. The topological polar surface area (TPSA) is 35.6 Å². The molecule has 4 nitrogen and oxygen atoms in total. The van der Waals surface area contributed by atoms with Gasteiger partial charge in [-0.3, -0.25) is 9.69 Å². The van der Waals surface area contributed by atoms with Crippen LogP contribution in [0.1, 0.15) is 33.6 Å². The van der Waals surface area contributed by atoms with Crippen LogP contribution in [0.3, 0.4) is 0 Å². The van der Waals surface area contributed by atoms with Crippen molar-refractivity contribution in [2.75, 3.05) is 39.8 Å². The smallest absolute Gasteiger partial charge is 0.236 e. The van der Waals surface area contributed by atoms with E-state index < -0.39 is 0 Å². The molecule has 0 aromatic rings. The van der Waals surface area contributed by atoms with Crippen LogP contribution in [-0.4, -0.2) is 61.5 Å². The van der Waals surface area contributed by atoms with Gasteiger partial charge in [0.1, 0.15) is 0 Å². The Balaban J connectivity index is 2.27. The zero-order chi connectivity index (χ0) is 13.5. The molecule has 0 aromatic carbocycles. The molecule has 1 heterocycles. The van der Waals surface area contributed by atoms with Crippen molar-refractivity contribution in [1.29, 1.82) is 0 Å². The van der Waals surface area contributed by atoms with E-state index in [1.807, 2.05) is 11.9 Å². The van der Waals surface area contributed by atoms with E-state index in [2.05, 4.69) is 31.0 Å². The van der Waals surface area contributed by atoms with Gasteiger partial charge in [0, 0.05) is 19.1 Å². The molecule has 0 unspecified atom stereocenters. The van der Waals surface area contributed by atoms with E-state index in [0.29, 0.717) is 12.6 Å². The standard InChI is InChI=1S/C14H29N3O/c1-5-15-10-13-6-8-17(9-7-13)14(18)11-16(4)12(2)3/h12-13,15H,5-11H2,1-4H3. The van der Waals surface area contributed by atoms with Gasteiger partial charge < -0.3 is 10.2 Å². The normalized spacial score (nSPS) is 17.8. The lowest BCUT2D eigenvalue weighted by Crippen LogP contribution is -2.45. The van der Waals surface area contributed by atoms with Gasteiger partial charge in [0.05, 0.1) is 6.54 Å². The summed E-state index contributed by atoms with van der Waals surface area (Å²) in [5.41, 5.74) is 0. The highest BCUT2D eigenvalue weighted by Crippen LogP contribution is 2.16. The second kappa shape index (κ2) is 7.74. The average molecular weight is 255 g/mol. The first-order chi connectivity index (χ1) is 8.54. The number of nitrogens with one attached hydrogen (secondary N) is 1. The maximum absolute atomic E-state index is 12.1. The summed E-state index contributed by atoms with van der Waals surface area (Å²) < 4.78 is 0. The molecule has 0 saturated carbocycles. The van der Waals surface area contributed by atoms with Gasteiger partial charge in [0.2, 0.25) is 5.91 Å². The van der Waals surface area contributed by atoms with E-state index >= 15 is 0 Å². The van der Waals surface area contributed by atoms with Crippen LogP contribution in [0.25, 0.3) is 0 Å². The van der Waals surface area contributed by atoms with Gasteiger partial charge in [-0.05, 0) is 52.7 Å². The Morgan fingerprint density at radius 3 is 2.50 bits per heavy atom. The van der Waals surface area contributed by atoms with E-state index in [4.69, 9.17) is 0 Å². The average Bonchev–Trinajstić information content (AvgIpc) is 2.36. The van der Waals surface area contributed by atoms with Crippen molar-refractivity contribution in [3.05, 3.63) is 0 Å². The predicted molar refractivity (Wildman–Crippen MR) is 75.6 cm³/mol. The summed E-state index contributed by atoms with van der Waals surface area (Å²) >= 11 is 0. The highest BCUT2D eigenvalue weighted by Gasteiger charge is 2.23. The minimum atomic E-state index is 0.285. The summed E-state index contributed by atoms with van der Waals surface area (Å²) in [6.45, 7) is 10.9. The van der Waals surface area contributed by atoms with Crippen LogP contribution >= 0.6 is 0 Å². The molecule has 1 amide bonds. The van der Waals surface area contributed by atoms with Crippen LogP contribution < -0.4 is 5.32 Å². The van der Waals surface area contributed by atoms with E-state index in [0.717, 1.165) is 44.9 Å². The summed E-state index contributed by atoms with van der Waals surface area (Å²) in [5, 5.41) is 3.40. The van der Waals surface area contributed by atoms with Crippen LogP contribution in [0.2, 0.25) is 0 Å². The van der Waals surface area contributed by atoms with Gasteiger partial charge in [-0.25, -0.2) is 0 Å². The Morgan fingerprint density at radius 2 is 2.00 bits per heavy atom. The first-order valence-corrected chi connectivity index (χ1v) is 7.23. The van der Waals surface area contributed by atoms with Crippen LogP contribution in [0.15, 0.2) is 0 Å². The molecule has 0 radical (unpaired) electrons. The molecule has 0 atom stereocenters. The number of carbonyl (C=O) groups excluding carboxylic acids is 1. The number of piperidine rings is 1. The first-order valence-electron chi connectivity index (χ1n) is 7.23. The fraction of sp³-hybridized carbons (Fsp3) is 0.929. The van der Waals surface area contributed by atoms with Crippen LogP contribution in [0, 0.1) is 5.92 Å². The highest BCUT2D eigenvalue weighted by molar-refractivity contribution is 5.78.